The van der Waals surface area contributed by atoms with E-state index in [0.717, 1.165) is 19.4 Å². The standard InChI is InChI=1S/C15H22BrNO/c1-11(6-7-18)10-17-15-5-3-12-8-14(16)4-2-13(12)9-15/h2,4,8,11,15,17-18H,3,5-7,9-10H2,1H3. The van der Waals surface area contributed by atoms with Gasteiger partial charge in [-0.1, -0.05) is 28.9 Å². The monoisotopic (exact) mass is 311 g/mol. The van der Waals surface area contributed by atoms with Crippen LogP contribution in [0.3, 0.4) is 0 Å². The third-order valence-corrected chi connectivity index (χ3v) is 4.27. The van der Waals surface area contributed by atoms with Gasteiger partial charge >= 0.3 is 0 Å². The lowest BCUT2D eigenvalue weighted by Gasteiger charge is -2.27. The summed E-state index contributed by atoms with van der Waals surface area (Å²) >= 11 is 3.53. The van der Waals surface area contributed by atoms with Crippen molar-refractivity contribution < 1.29 is 5.11 Å². The second-order valence-corrected chi connectivity index (χ2v) is 6.29. The second kappa shape index (κ2) is 6.69. The van der Waals surface area contributed by atoms with Crippen LogP contribution < -0.4 is 5.32 Å². The van der Waals surface area contributed by atoms with E-state index < -0.39 is 0 Å². The summed E-state index contributed by atoms with van der Waals surface area (Å²) in [6, 6.07) is 7.22. The van der Waals surface area contributed by atoms with Gasteiger partial charge in [-0.2, -0.15) is 0 Å². The zero-order chi connectivity index (χ0) is 13.0. The number of fused-ring (bicyclic) bond motifs is 1. The average Bonchev–Trinajstić information content (AvgIpc) is 2.36. The number of rotatable bonds is 5. The summed E-state index contributed by atoms with van der Waals surface area (Å²) in [5.74, 6) is 0.557. The maximum absolute atomic E-state index is 8.90. The zero-order valence-electron chi connectivity index (χ0n) is 11.0. The predicted octanol–water partition coefficient (Wildman–Crippen LogP) is 2.91. The van der Waals surface area contributed by atoms with E-state index in [1.54, 1.807) is 0 Å². The second-order valence-electron chi connectivity index (χ2n) is 5.38. The number of hydrogen-bond donors (Lipinski definition) is 2. The van der Waals surface area contributed by atoms with Crippen molar-refractivity contribution in [1.29, 1.82) is 0 Å². The SMILES string of the molecule is CC(CCO)CNC1CCc2cc(Br)ccc2C1. The lowest BCUT2D eigenvalue weighted by atomic mass is 9.88. The summed E-state index contributed by atoms with van der Waals surface area (Å²) in [5, 5.41) is 12.5. The van der Waals surface area contributed by atoms with Gasteiger partial charge in [0, 0.05) is 17.1 Å². The zero-order valence-corrected chi connectivity index (χ0v) is 12.5. The maximum atomic E-state index is 8.90. The van der Waals surface area contributed by atoms with Crippen LogP contribution in [0.15, 0.2) is 22.7 Å². The molecule has 0 fully saturated rings. The molecule has 18 heavy (non-hydrogen) atoms. The van der Waals surface area contributed by atoms with Gasteiger partial charge in [0.05, 0.1) is 0 Å². The normalized spacial score (nSPS) is 20.5. The molecule has 0 saturated carbocycles. The maximum Gasteiger partial charge on any atom is 0.0434 e. The molecule has 2 unspecified atom stereocenters. The highest BCUT2D eigenvalue weighted by Gasteiger charge is 2.18. The number of aliphatic hydroxyl groups is 1. The minimum Gasteiger partial charge on any atom is -0.396 e. The summed E-state index contributed by atoms with van der Waals surface area (Å²) in [4.78, 5) is 0. The van der Waals surface area contributed by atoms with E-state index in [1.165, 1.54) is 28.4 Å². The summed E-state index contributed by atoms with van der Waals surface area (Å²) in [6.45, 7) is 3.50. The van der Waals surface area contributed by atoms with Gasteiger partial charge in [-0.3, -0.25) is 0 Å². The van der Waals surface area contributed by atoms with Crippen molar-refractivity contribution in [3.05, 3.63) is 33.8 Å². The molecule has 1 aliphatic rings. The van der Waals surface area contributed by atoms with Crippen molar-refractivity contribution in [2.75, 3.05) is 13.2 Å². The van der Waals surface area contributed by atoms with Crippen LogP contribution in [0.1, 0.15) is 30.9 Å². The van der Waals surface area contributed by atoms with E-state index in [1.807, 2.05) is 0 Å². The van der Waals surface area contributed by atoms with Gasteiger partial charge in [-0.05, 0) is 61.4 Å². The molecule has 1 aromatic carbocycles. The topological polar surface area (TPSA) is 32.3 Å². The molecule has 0 spiro atoms. The Morgan fingerprint density at radius 2 is 2.28 bits per heavy atom. The minimum atomic E-state index is 0.296. The third kappa shape index (κ3) is 3.81. The number of benzene rings is 1. The van der Waals surface area contributed by atoms with Gasteiger partial charge in [-0.15, -0.1) is 0 Å². The van der Waals surface area contributed by atoms with Gasteiger partial charge in [-0.25, -0.2) is 0 Å². The number of nitrogens with one attached hydrogen (secondary N) is 1. The molecule has 2 rings (SSSR count). The Kier molecular flexibility index (Phi) is 5.22. The van der Waals surface area contributed by atoms with E-state index in [4.69, 9.17) is 5.11 Å². The molecular weight excluding hydrogens is 290 g/mol. The average molecular weight is 312 g/mol. The lowest BCUT2D eigenvalue weighted by molar-refractivity contribution is 0.256. The molecule has 0 bridgehead atoms. The molecule has 0 aliphatic heterocycles. The third-order valence-electron chi connectivity index (χ3n) is 3.77. The number of aliphatic hydroxyl groups excluding tert-OH is 1. The molecule has 0 saturated heterocycles. The number of hydrogen-bond acceptors (Lipinski definition) is 2. The molecule has 0 aromatic heterocycles. The van der Waals surface area contributed by atoms with Crippen molar-refractivity contribution >= 4 is 15.9 Å². The molecular formula is C15H22BrNO. The Hall–Kier alpha value is -0.380. The van der Waals surface area contributed by atoms with Crippen molar-refractivity contribution in [3.63, 3.8) is 0 Å². The Labute approximate surface area is 118 Å². The van der Waals surface area contributed by atoms with Crippen LogP contribution in [0.5, 0.6) is 0 Å². The van der Waals surface area contributed by atoms with Crippen LogP contribution >= 0.6 is 15.9 Å². The Morgan fingerprint density at radius 1 is 1.44 bits per heavy atom. The molecule has 1 aromatic rings. The summed E-state index contributed by atoms with van der Waals surface area (Å²) in [5.41, 5.74) is 2.97. The quantitative estimate of drug-likeness (QED) is 0.876. The molecule has 2 nitrogen and oxygen atoms in total. The lowest BCUT2D eigenvalue weighted by Crippen LogP contribution is -2.37. The van der Waals surface area contributed by atoms with Crippen LogP contribution in [-0.2, 0) is 12.8 Å². The molecule has 0 heterocycles. The first-order valence-electron chi connectivity index (χ1n) is 6.80. The highest BCUT2D eigenvalue weighted by molar-refractivity contribution is 9.10. The fraction of sp³-hybridized carbons (Fsp3) is 0.600. The molecule has 2 N–H and O–H groups in total. The first-order chi connectivity index (χ1) is 8.69. The van der Waals surface area contributed by atoms with Gasteiger partial charge in [0.15, 0.2) is 0 Å². The Morgan fingerprint density at radius 3 is 3.06 bits per heavy atom. The molecule has 100 valence electrons. The largest absolute Gasteiger partial charge is 0.396 e. The van der Waals surface area contributed by atoms with Crippen molar-refractivity contribution in [3.8, 4) is 0 Å². The Balaban J connectivity index is 1.86. The van der Waals surface area contributed by atoms with Crippen LogP contribution in [0.4, 0.5) is 0 Å². The van der Waals surface area contributed by atoms with Gasteiger partial charge in [0.25, 0.3) is 0 Å². The molecule has 1 aliphatic carbocycles. The summed E-state index contributed by atoms with van der Waals surface area (Å²) in [6.07, 6.45) is 4.41. The van der Waals surface area contributed by atoms with Crippen LogP contribution in [0.25, 0.3) is 0 Å². The van der Waals surface area contributed by atoms with Gasteiger partial charge in [0.1, 0.15) is 0 Å². The minimum absolute atomic E-state index is 0.296. The van der Waals surface area contributed by atoms with Crippen LogP contribution in [0, 0.1) is 5.92 Å². The molecule has 0 radical (unpaired) electrons. The number of aryl methyl sites for hydroxylation is 1. The van der Waals surface area contributed by atoms with Crippen molar-refractivity contribution in [2.24, 2.45) is 5.92 Å². The van der Waals surface area contributed by atoms with Crippen molar-refractivity contribution in [2.45, 2.75) is 38.6 Å². The fourth-order valence-electron chi connectivity index (χ4n) is 2.59. The fourth-order valence-corrected chi connectivity index (χ4v) is 3.00. The van der Waals surface area contributed by atoms with Gasteiger partial charge < -0.3 is 10.4 Å². The first-order valence-corrected chi connectivity index (χ1v) is 7.60. The van der Waals surface area contributed by atoms with E-state index >= 15 is 0 Å². The van der Waals surface area contributed by atoms with Crippen LogP contribution in [0.2, 0.25) is 0 Å². The van der Waals surface area contributed by atoms with E-state index in [2.05, 4.69) is 46.4 Å². The predicted molar refractivity (Wildman–Crippen MR) is 78.8 cm³/mol. The summed E-state index contributed by atoms with van der Waals surface area (Å²) in [7, 11) is 0. The smallest absolute Gasteiger partial charge is 0.0434 e. The highest BCUT2D eigenvalue weighted by atomic mass is 79.9. The van der Waals surface area contributed by atoms with Gasteiger partial charge in [0.2, 0.25) is 0 Å². The summed E-state index contributed by atoms with van der Waals surface area (Å²) < 4.78 is 1.18. The molecule has 2 atom stereocenters. The molecule has 0 amide bonds. The highest BCUT2D eigenvalue weighted by Crippen LogP contribution is 2.24. The Bertz CT molecular complexity index is 394. The van der Waals surface area contributed by atoms with Crippen LogP contribution in [-0.4, -0.2) is 24.3 Å². The van der Waals surface area contributed by atoms with E-state index in [-0.39, 0.29) is 0 Å². The molecule has 3 heteroatoms. The van der Waals surface area contributed by atoms with E-state index in [9.17, 15) is 0 Å². The van der Waals surface area contributed by atoms with E-state index in [0.29, 0.717) is 18.6 Å². The first kappa shape index (κ1) is 14.0. The van der Waals surface area contributed by atoms with Crippen molar-refractivity contribution in [1.82, 2.24) is 5.32 Å². The number of halogens is 1.